The van der Waals surface area contributed by atoms with Crippen molar-refractivity contribution < 1.29 is 29.0 Å². The summed E-state index contributed by atoms with van der Waals surface area (Å²) in [6.07, 6.45) is 7.10. The average Bonchev–Trinajstić information content (AvgIpc) is 2.98. The van der Waals surface area contributed by atoms with Crippen molar-refractivity contribution in [1.29, 1.82) is 0 Å². The monoisotopic (exact) mass is 602 g/mol. The van der Waals surface area contributed by atoms with Crippen molar-refractivity contribution in [1.82, 2.24) is 15.1 Å². The van der Waals surface area contributed by atoms with E-state index in [1.807, 2.05) is 34.6 Å². The minimum absolute atomic E-state index is 0.0115. The number of hydrogen-bond acceptors (Lipinski definition) is 6. The smallest absolute Gasteiger partial charge is 0.317 e. The van der Waals surface area contributed by atoms with Crippen molar-refractivity contribution >= 4 is 23.5 Å². The van der Waals surface area contributed by atoms with Crippen molar-refractivity contribution in [3.63, 3.8) is 0 Å². The fourth-order valence-corrected chi connectivity index (χ4v) is 5.78. The maximum atomic E-state index is 14.3. The molecule has 3 rings (SSSR count). The number of benzene rings is 1. The summed E-state index contributed by atoms with van der Waals surface area (Å²) < 4.78 is 12.6. The van der Waals surface area contributed by atoms with Crippen LogP contribution >= 0.6 is 0 Å². The molecule has 1 saturated carbocycles. The van der Waals surface area contributed by atoms with Crippen LogP contribution in [0.3, 0.4) is 0 Å². The number of ether oxygens (including phenoxy) is 2. The molecule has 0 saturated heterocycles. The number of carbonyl (C=O) groups excluding carboxylic acids is 3. The van der Waals surface area contributed by atoms with Crippen molar-refractivity contribution in [2.45, 2.75) is 110 Å². The number of nitrogens with one attached hydrogen (secondary N) is 2. The van der Waals surface area contributed by atoms with Gasteiger partial charge in [-0.1, -0.05) is 26.2 Å². The Balaban J connectivity index is 1.91. The number of fused-ring (bicyclic) bond motifs is 1. The Hall–Kier alpha value is -2.85. The molecule has 242 valence electrons. The predicted octanol–water partition coefficient (Wildman–Crippen LogP) is 5.05. The Morgan fingerprint density at radius 3 is 2.44 bits per heavy atom. The second-order valence-corrected chi connectivity index (χ2v) is 12.8. The second-order valence-electron chi connectivity index (χ2n) is 12.8. The highest BCUT2D eigenvalue weighted by molar-refractivity contribution is 6.00. The van der Waals surface area contributed by atoms with Gasteiger partial charge < -0.3 is 35.0 Å². The van der Waals surface area contributed by atoms with Gasteiger partial charge in [0.15, 0.2) is 0 Å². The number of hydrogen-bond donors (Lipinski definition) is 3. The van der Waals surface area contributed by atoms with Crippen LogP contribution in [-0.4, -0.2) is 90.4 Å². The van der Waals surface area contributed by atoms with Gasteiger partial charge in [-0.2, -0.15) is 0 Å². The predicted molar refractivity (Wildman–Crippen MR) is 168 cm³/mol. The van der Waals surface area contributed by atoms with E-state index in [0.29, 0.717) is 36.7 Å². The van der Waals surface area contributed by atoms with Gasteiger partial charge in [0.1, 0.15) is 5.75 Å². The maximum absolute atomic E-state index is 14.3. The zero-order chi connectivity index (χ0) is 31.5. The van der Waals surface area contributed by atoms with Crippen LogP contribution in [0.15, 0.2) is 18.2 Å². The molecule has 0 spiro atoms. The van der Waals surface area contributed by atoms with Gasteiger partial charge in [0.2, 0.25) is 5.91 Å². The zero-order valence-corrected chi connectivity index (χ0v) is 27.1. The summed E-state index contributed by atoms with van der Waals surface area (Å²) in [6.45, 7) is 10.6. The van der Waals surface area contributed by atoms with Gasteiger partial charge in [-0.15, -0.1) is 0 Å². The van der Waals surface area contributed by atoms with E-state index in [4.69, 9.17) is 9.47 Å². The Morgan fingerprint density at radius 1 is 1.07 bits per heavy atom. The number of likely N-dealkylation sites (N-methyl/N-ethyl adjacent to an activating group) is 1. The van der Waals surface area contributed by atoms with E-state index in [-0.39, 0.29) is 54.5 Å². The average molecular weight is 603 g/mol. The molecule has 4 amide bonds. The van der Waals surface area contributed by atoms with Crippen LogP contribution < -0.4 is 15.4 Å². The summed E-state index contributed by atoms with van der Waals surface area (Å²) >= 11 is 0. The summed E-state index contributed by atoms with van der Waals surface area (Å²) in [5, 5.41) is 16.1. The molecule has 1 fully saturated rings. The highest BCUT2D eigenvalue weighted by atomic mass is 16.5. The van der Waals surface area contributed by atoms with Gasteiger partial charge in [0.25, 0.3) is 5.91 Å². The summed E-state index contributed by atoms with van der Waals surface area (Å²) in [4.78, 5) is 43.2. The summed E-state index contributed by atoms with van der Waals surface area (Å²) in [5.74, 6) is 0.00518. The Kier molecular flexibility index (Phi) is 13.6. The van der Waals surface area contributed by atoms with Gasteiger partial charge in [-0.3, -0.25) is 9.59 Å². The first-order chi connectivity index (χ1) is 20.5. The molecule has 2 aliphatic rings. The van der Waals surface area contributed by atoms with Crippen molar-refractivity contribution in [3.05, 3.63) is 23.8 Å². The normalized spacial score (nSPS) is 23.5. The van der Waals surface area contributed by atoms with Crippen LogP contribution in [0.1, 0.15) is 96.3 Å². The van der Waals surface area contributed by atoms with E-state index in [9.17, 15) is 19.5 Å². The highest BCUT2D eigenvalue weighted by Gasteiger charge is 2.31. The van der Waals surface area contributed by atoms with Gasteiger partial charge >= 0.3 is 6.03 Å². The Bertz CT molecular complexity index is 1060. The first-order valence-electron chi connectivity index (χ1n) is 16.2. The lowest BCUT2D eigenvalue weighted by Gasteiger charge is -2.36. The molecule has 0 aromatic heterocycles. The number of nitrogens with zero attached hydrogens (tertiary/aromatic N) is 2. The van der Waals surface area contributed by atoms with Crippen LogP contribution in [0.4, 0.5) is 10.5 Å². The van der Waals surface area contributed by atoms with E-state index in [2.05, 4.69) is 10.6 Å². The van der Waals surface area contributed by atoms with E-state index in [1.165, 1.54) is 0 Å². The van der Waals surface area contributed by atoms with Crippen molar-refractivity contribution in [2.24, 2.45) is 11.8 Å². The molecule has 0 bridgehead atoms. The molecule has 0 unspecified atom stereocenters. The van der Waals surface area contributed by atoms with Crippen LogP contribution in [-0.2, 0) is 9.53 Å². The molecule has 1 aliphatic carbocycles. The summed E-state index contributed by atoms with van der Waals surface area (Å²) in [7, 11) is 1.75. The van der Waals surface area contributed by atoms with Crippen LogP contribution in [0, 0.1) is 11.8 Å². The topological polar surface area (TPSA) is 120 Å². The van der Waals surface area contributed by atoms with Crippen LogP contribution in [0.5, 0.6) is 5.75 Å². The van der Waals surface area contributed by atoms with Crippen molar-refractivity contribution in [2.75, 3.05) is 38.7 Å². The minimum atomic E-state index is -0.476. The third kappa shape index (κ3) is 10.4. The molecular formula is C33H54N4O6. The summed E-state index contributed by atoms with van der Waals surface area (Å²) in [6, 6.07) is 4.63. The second kappa shape index (κ2) is 16.9. The lowest BCUT2D eigenvalue weighted by Crippen LogP contribution is -2.49. The van der Waals surface area contributed by atoms with Crippen LogP contribution in [0.2, 0.25) is 0 Å². The molecule has 10 nitrogen and oxygen atoms in total. The highest BCUT2D eigenvalue weighted by Crippen LogP contribution is 2.30. The molecule has 1 aromatic carbocycles. The van der Waals surface area contributed by atoms with E-state index in [1.54, 1.807) is 35.0 Å². The molecule has 4 atom stereocenters. The van der Waals surface area contributed by atoms with E-state index < -0.39 is 6.04 Å². The fourth-order valence-electron chi connectivity index (χ4n) is 5.78. The fraction of sp³-hybridized carbons (Fsp3) is 0.727. The lowest BCUT2D eigenvalue weighted by atomic mass is 9.88. The standard InChI is InChI=1S/C33H54N4O6/c1-22(2)34-33(41)36(6)20-30-23(3)19-37(24(4)21-38)32(40)28-18-27(35-31(39)26-13-8-7-9-14-26)15-16-29(28)43-25(5)12-10-11-17-42-30/h15-16,18,22-26,30,38H,7-14,17,19-21H2,1-6H3,(H,34,41)(H,35,39)/t23-,24-,25+,30+/m1/s1. The van der Waals surface area contributed by atoms with Gasteiger partial charge in [-0.05, 0) is 78.0 Å². The van der Waals surface area contributed by atoms with E-state index in [0.717, 1.165) is 51.4 Å². The zero-order valence-electron chi connectivity index (χ0n) is 27.1. The number of aliphatic hydroxyl groups is 1. The number of aliphatic hydroxyl groups excluding tert-OH is 1. The van der Waals surface area contributed by atoms with Gasteiger partial charge in [-0.25, -0.2) is 4.79 Å². The molecular weight excluding hydrogens is 548 g/mol. The number of anilines is 1. The SMILES string of the molecule is CC(C)NC(=O)N(C)C[C@@H]1OCCCC[C@H](C)Oc2ccc(NC(=O)C3CCCCC3)cc2C(=O)N([C@H](C)CO)C[C@H]1C. The summed E-state index contributed by atoms with van der Waals surface area (Å²) in [5.41, 5.74) is 0.910. The Morgan fingerprint density at radius 2 is 1.77 bits per heavy atom. The number of rotatable bonds is 7. The number of amides is 4. The number of carbonyl (C=O) groups is 3. The largest absolute Gasteiger partial charge is 0.490 e. The molecule has 1 heterocycles. The van der Waals surface area contributed by atoms with Crippen molar-refractivity contribution in [3.8, 4) is 5.75 Å². The molecule has 10 heteroatoms. The minimum Gasteiger partial charge on any atom is -0.490 e. The molecule has 1 aromatic rings. The first kappa shape index (κ1) is 34.6. The number of urea groups is 1. The lowest BCUT2D eigenvalue weighted by molar-refractivity contribution is -0.120. The maximum Gasteiger partial charge on any atom is 0.317 e. The van der Waals surface area contributed by atoms with Gasteiger partial charge in [0, 0.05) is 50.3 Å². The van der Waals surface area contributed by atoms with E-state index >= 15 is 0 Å². The van der Waals surface area contributed by atoms with Crippen LogP contribution in [0.25, 0.3) is 0 Å². The Labute approximate surface area is 257 Å². The first-order valence-corrected chi connectivity index (χ1v) is 16.2. The third-order valence-electron chi connectivity index (χ3n) is 8.51. The molecule has 0 radical (unpaired) electrons. The van der Waals surface area contributed by atoms with Gasteiger partial charge in [0.05, 0.1) is 30.4 Å². The molecule has 1 aliphatic heterocycles. The quantitative estimate of drug-likeness (QED) is 0.402. The molecule has 43 heavy (non-hydrogen) atoms. The molecule has 3 N–H and O–H groups in total. The third-order valence-corrected chi connectivity index (χ3v) is 8.51.